The maximum absolute atomic E-state index is 11.4. The number of rotatable bonds is 3. The molecule has 0 atom stereocenters. The summed E-state index contributed by atoms with van der Waals surface area (Å²) in [5.74, 6) is 0. The van der Waals surface area contributed by atoms with Gasteiger partial charge in [0.2, 0.25) is 0 Å². The lowest BCUT2D eigenvalue weighted by atomic mass is 10.3. The summed E-state index contributed by atoms with van der Waals surface area (Å²) in [5.41, 5.74) is 6.20. The van der Waals surface area contributed by atoms with Gasteiger partial charge in [0.05, 0.1) is 0 Å². The summed E-state index contributed by atoms with van der Waals surface area (Å²) in [5, 5.41) is 9.72. The first-order chi connectivity index (χ1) is 7.70. The predicted molar refractivity (Wildman–Crippen MR) is 63.3 cm³/mol. The monoisotopic (exact) mass is 236 g/mol. The number of nitrogens with zero attached hydrogens (tertiary/aromatic N) is 3. The molecule has 2 rings (SSSR count). The Labute approximate surface area is 96.6 Å². The van der Waals surface area contributed by atoms with Crippen LogP contribution < -0.4 is 11.3 Å². The molecule has 0 aliphatic rings. The lowest BCUT2D eigenvalue weighted by Crippen LogP contribution is -2.13. The Morgan fingerprint density at radius 3 is 3.00 bits per heavy atom. The Morgan fingerprint density at radius 2 is 2.31 bits per heavy atom. The van der Waals surface area contributed by atoms with Crippen molar-refractivity contribution in [1.29, 1.82) is 0 Å². The fourth-order valence-electron chi connectivity index (χ4n) is 1.28. The maximum Gasteiger partial charge on any atom is 0.250 e. The van der Waals surface area contributed by atoms with Crippen LogP contribution in [-0.2, 0) is 13.5 Å². The van der Waals surface area contributed by atoms with Crippen LogP contribution in [0, 0.1) is 0 Å². The van der Waals surface area contributed by atoms with Crippen molar-refractivity contribution >= 4 is 11.3 Å². The zero-order valence-corrected chi connectivity index (χ0v) is 9.70. The molecule has 0 aliphatic carbocycles. The maximum atomic E-state index is 11.4. The average molecular weight is 236 g/mol. The van der Waals surface area contributed by atoms with Crippen molar-refractivity contribution in [3.63, 3.8) is 0 Å². The summed E-state index contributed by atoms with van der Waals surface area (Å²) < 4.78 is 1.52. The van der Waals surface area contributed by atoms with Gasteiger partial charge in [0, 0.05) is 31.3 Å². The fraction of sp³-hybridized carbons (Fsp3) is 0.300. The molecule has 0 fully saturated rings. The summed E-state index contributed by atoms with van der Waals surface area (Å²) in [7, 11) is 1.71. The van der Waals surface area contributed by atoms with Gasteiger partial charge in [-0.25, -0.2) is 0 Å². The van der Waals surface area contributed by atoms with E-state index < -0.39 is 0 Å². The molecule has 0 spiro atoms. The molecule has 2 N–H and O–H groups in total. The van der Waals surface area contributed by atoms with Crippen LogP contribution in [0.1, 0.15) is 5.01 Å². The number of aromatic nitrogens is 3. The van der Waals surface area contributed by atoms with E-state index in [-0.39, 0.29) is 5.56 Å². The van der Waals surface area contributed by atoms with E-state index in [1.165, 1.54) is 15.9 Å². The highest BCUT2D eigenvalue weighted by molar-refractivity contribution is 7.14. The van der Waals surface area contributed by atoms with E-state index in [1.54, 1.807) is 19.3 Å². The lowest BCUT2D eigenvalue weighted by Gasteiger charge is -1.97. The third kappa shape index (κ3) is 2.17. The average Bonchev–Trinajstić information content (AvgIpc) is 2.71. The van der Waals surface area contributed by atoms with Crippen LogP contribution in [0.5, 0.6) is 0 Å². The number of aryl methyl sites for hydroxylation is 1. The van der Waals surface area contributed by atoms with Gasteiger partial charge in [-0.3, -0.25) is 4.79 Å². The Hall–Kier alpha value is -1.53. The van der Waals surface area contributed by atoms with Gasteiger partial charge in [-0.15, -0.1) is 10.2 Å². The van der Waals surface area contributed by atoms with Gasteiger partial charge in [-0.2, -0.15) is 0 Å². The Morgan fingerprint density at radius 1 is 1.50 bits per heavy atom. The van der Waals surface area contributed by atoms with E-state index in [2.05, 4.69) is 10.2 Å². The van der Waals surface area contributed by atoms with Gasteiger partial charge in [0.25, 0.3) is 5.56 Å². The molecule has 0 aliphatic heterocycles. The summed E-state index contributed by atoms with van der Waals surface area (Å²) in [6.07, 6.45) is 2.45. The number of nitrogens with two attached hydrogens (primary N) is 1. The van der Waals surface area contributed by atoms with Gasteiger partial charge >= 0.3 is 0 Å². The Balaban J connectivity index is 2.35. The number of hydrogen-bond donors (Lipinski definition) is 1. The smallest absolute Gasteiger partial charge is 0.250 e. The molecule has 16 heavy (non-hydrogen) atoms. The standard InChI is InChI=1S/C10H12N4OS/c1-14-5-3-7(6-9(14)15)10-13-12-8(16-10)2-4-11/h3,5-6H,2,4,11H2,1H3. The molecule has 5 nitrogen and oxygen atoms in total. The summed E-state index contributed by atoms with van der Waals surface area (Å²) >= 11 is 1.47. The minimum absolute atomic E-state index is 0.0481. The second kappa shape index (κ2) is 4.54. The molecule has 2 heterocycles. The van der Waals surface area contributed by atoms with Crippen molar-refractivity contribution in [3.8, 4) is 10.6 Å². The molecule has 0 unspecified atom stereocenters. The zero-order chi connectivity index (χ0) is 11.5. The topological polar surface area (TPSA) is 73.8 Å². The van der Waals surface area contributed by atoms with Crippen LogP contribution in [0.25, 0.3) is 10.6 Å². The molecule has 6 heteroatoms. The fourth-order valence-corrected chi connectivity index (χ4v) is 2.13. The van der Waals surface area contributed by atoms with E-state index in [9.17, 15) is 4.79 Å². The molecule has 0 amide bonds. The highest BCUT2D eigenvalue weighted by atomic mass is 32.1. The highest BCUT2D eigenvalue weighted by Crippen LogP contribution is 2.21. The van der Waals surface area contributed by atoms with E-state index in [0.717, 1.165) is 22.0 Å². The second-order valence-corrected chi connectivity index (χ2v) is 4.47. The molecule has 0 aromatic carbocycles. The molecule has 0 bridgehead atoms. The summed E-state index contributed by atoms with van der Waals surface area (Å²) in [6.45, 7) is 0.561. The first kappa shape index (κ1) is 11.0. The van der Waals surface area contributed by atoms with Crippen molar-refractivity contribution < 1.29 is 0 Å². The molecule has 2 aromatic rings. The predicted octanol–water partition coefficient (Wildman–Crippen LogP) is 0.405. The van der Waals surface area contributed by atoms with Crippen molar-refractivity contribution in [2.75, 3.05) is 6.54 Å². The van der Waals surface area contributed by atoms with Crippen LogP contribution >= 0.6 is 11.3 Å². The van der Waals surface area contributed by atoms with E-state index in [4.69, 9.17) is 5.73 Å². The van der Waals surface area contributed by atoms with Crippen LogP contribution in [0.15, 0.2) is 23.1 Å². The van der Waals surface area contributed by atoms with Crippen molar-refractivity contribution in [3.05, 3.63) is 33.7 Å². The van der Waals surface area contributed by atoms with Gasteiger partial charge in [-0.1, -0.05) is 11.3 Å². The highest BCUT2D eigenvalue weighted by Gasteiger charge is 2.06. The zero-order valence-electron chi connectivity index (χ0n) is 8.88. The summed E-state index contributed by atoms with van der Waals surface area (Å²) in [6, 6.07) is 3.42. The molecular weight excluding hydrogens is 224 g/mol. The van der Waals surface area contributed by atoms with Crippen molar-refractivity contribution in [2.24, 2.45) is 12.8 Å². The van der Waals surface area contributed by atoms with Crippen molar-refractivity contribution in [2.45, 2.75) is 6.42 Å². The first-order valence-corrected chi connectivity index (χ1v) is 5.72. The number of pyridine rings is 1. The van der Waals surface area contributed by atoms with E-state index in [1.807, 2.05) is 6.07 Å². The van der Waals surface area contributed by atoms with E-state index >= 15 is 0 Å². The van der Waals surface area contributed by atoms with Gasteiger partial charge in [0.1, 0.15) is 10.0 Å². The molecule has 0 saturated heterocycles. The normalized spacial score (nSPS) is 10.6. The summed E-state index contributed by atoms with van der Waals surface area (Å²) in [4.78, 5) is 11.4. The van der Waals surface area contributed by atoms with Crippen LogP contribution in [0.4, 0.5) is 0 Å². The van der Waals surface area contributed by atoms with Crippen LogP contribution in [0.2, 0.25) is 0 Å². The van der Waals surface area contributed by atoms with Gasteiger partial charge in [-0.05, 0) is 12.6 Å². The molecule has 0 radical (unpaired) electrons. The minimum Gasteiger partial charge on any atom is -0.330 e. The largest absolute Gasteiger partial charge is 0.330 e. The van der Waals surface area contributed by atoms with Crippen LogP contribution in [0.3, 0.4) is 0 Å². The second-order valence-electron chi connectivity index (χ2n) is 3.40. The molecule has 84 valence electrons. The van der Waals surface area contributed by atoms with Gasteiger partial charge in [0.15, 0.2) is 0 Å². The number of hydrogen-bond acceptors (Lipinski definition) is 5. The minimum atomic E-state index is -0.0481. The molecule has 2 aromatic heterocycles. The first-order valence-electron chi connectivity index (χ1n) is 4.90. The SMILES string of the molecule is Cn1ccc(-c2nnc(CCN)s2)cc1=O. The quantitative estimate of drug-likeness (QED) is 0.837. The lowest BCUT2D eigenvalue weighted by molar-refractivity contribution is 0.860. The third-order valence-corrected chi connectivity index (χ3v) is 3.21. The van der Waals surface area contributed by atoms with Crippen molar-refractivity contribution in [1.82, 2.24) is 14.8 Å². The Kier molecular flexibility index (Phi) is 3.12. The van der Waals surface area contributed by atoms with Crippen LogP contribution in [-0.4, -0.2) is 21.3 Å². The van der Waals surface area contributed by atoms with Gasteiger partial charge < -0.3 is 10.3 Å². The molecule has 0 saturated carbocycles. The van der Waals surface area contributed by atoms with E-state index in [0.29, 0.717) is 6.54 Å². The Bertz CT molecular complexity index is 546. The molecular formula is C10H12N4OS. The third-order valence-electron chi connectivity index (χ3n) is 2.18.